The largest absolute Gasteiger partial charge is 0.383 e. The monoisotopic (exact) mass is 444 g/mol. The third-order valence-electron chi connectivity index (χ3n) is 4.62. The molecule has 0 atom stereocenters. The summed E-state index contributed by atoms with van der Waals surface area (Å²) >= 11 is 18.4. The van der Waals surface area contributed by atoms with Crippen LogP contribution in [-0.4, -0.2) is 25.1 Å². The van der Waals surface area contributed by atoms with Crippen LogP contribution in [0.15, 0.2) is 54.6 Å². The van der Waals surface area contributed by atoms with Crippen molar-refractivity contribution in [2.45, 2.75) is 0 Å². The molecule has 3 N–H and O–H groups in total. The SMILES string of the molecule is CNCCNc1c2cc(Cl)ccc2nc2ccc(Nc3ccc(Cl)c(Cl)c3)cc12. The minimum Gasteiger partial charge on any atom is -0.383 e. The zero-order valence-corrected chi connectivity index (χ0v) is 18.0. The van der Waals surface area contributed by atoms with Crippen molar-refractivity contribution >= 4 is 73.7 Å². The summed E-state index contributed by atoms with van der Waals surface area (Å²) in [5.41, 5.74) is 4.61. The van der Waals surface area contributed by atoms with Crippen molar-refractivity contribution in [3.05, 3.63) is 69.7 Å². The number of nitrogens with zero attached hydrogens (tertiary/aromatic N) is 1. The Labute approximate surface area is 184 Å². The van der Waals surface area contributed by atoms with Gasteiger partial charge in [-0.25, -0.2) is 4.98 Å². The molecule has 4 rings (SSSR count). The second-order valence-corrected chi connectivity index (χ2v) is 7.92. The molecule has 0 bridgehead atoms. The Morgan fingerprint density at radius 1 is 0.759 bits per heavy atom. The molecule has 148 valence electrons. The van der Waals surface area contributed by atoms with Gasteiger partial charge >= 0.3 is 0 Å². The van der Waals surface area contributed by atoms with Gasteiger partial charge < -0.3 is 16.0 Å². The minimum atomic E-state index is 0.508. The lowest BCUT2D eigenvalue weighted by Crippen LogP contribution is -2.18. The second kappa shape index (κ2) is 8.64. The van der Waals surface area contributed by atoms with E-state index in [0.717, 1.165) is 52.0 Å². The highest BCUT2D eigenvalue weighted by Crippen LogP contribution is 2.35. The van der Waals surface area contributed by atoms with E-state index in [1.807, 2.05) is 43.4 Å². The Hall–Kier alpha value is -2.24. The van der Waals surface area contributed by atoms with Crippen molar-refractivity contribution in [1.82, 2.24) is 10.3 Å². The Balaban J connectivity index is 1.81. The first-order valence-corrected chi connectivity index (χ1v) is 10.3. The highest BCUT2D eigenvalue weighted by atomic mass is 35.5. The van der Waals surface area contributed by atoms with Crippen molar-refractivity contribution in [2.24, 2.45) is 0 Å². The normalized spacial score (nSPS) is 11.2. The van der Waals surface area contributed by atoms with Crippen LogP contribution in [0.2, 0.25) is 15.1 Å². The minimum absolute atomic E-state index is 0.508. The third kappa shape index (κ3) is 4.36. The molecule has 1 aromatic heterocycles. The molecule has 1 heterocycles. The van der Waals surface area contributed by atoms with Crippen LogP contribution in [0.4, 0.5) is 17.1 Å². The van der Waals surface area contributed by atoms with E-state index in [4.69, 9.17) is 39.8 Å². The molecule has 0 saturated carbocycles. The number of aromatic nitrogens is 1. The first-order valence-electron chi connectivity index (χ1n) is 9.19. The van der Waals surface area contributed by atoms with Gasteiger partial charge in [0.1, 0.15) is 0 Å². The zero-order chi connectivity index (χ0) is 20.4. The van der Waals surface area contributed by atoms with E-state index in [1.165, 1.54) is 0 Å². The molecular formula is C22H19Cl3N4. The number of anilines is 3. The number of halogens is 3. The van der Waals surface area contributed by atoms with Crippen LogP contribution in [0.25, 0.3) is 21.8 Å². The number of rotatable bonds is 6. The van der Waals surface area contributed by atoms with Crippen LogP contribution in [0, 0.1) is 0 Å². The Bertz CT molecular complexity index is 1190. The van der Waals surface area contributed by atoms with E-state index < -0.39 is 0 Å². The molecule has 0 unspecified atom stereocenters. The van der Waals surface area contributed by atoms with E-state index in [1.54, 1.807) is 12.1 Å². The van der Waals surface area contributed by atoms with Gasteiger partial charge in [-0.15, -0.1) is 0 Å². The van der Waals surface area contributed by atoms with Gasteiger partial charge in [-0.3, -0.25) is 0 Å². The molecule has 0 aliphatic rings. The van der Waals surface area contributed by atoms with Gasteiger partial charge in [0.05, 0.1) is 26.8 Å². The summed E-state index contributed by atoms with van der Waals surface area (Å²) in [4.78, 5) is 4.80. The van der Waals surface area contributed by atoms with Gasteiger partial charge in [0.15, 0.2) is 0 Å². The van der Waals surface area contributed by atoms with Crippen molar-refractivity contribution in [3.8, 4) is 0 Å². The van der Waals surface area contributed by atoms with E-state index >= 15 is 0 Å². The molecule has 0 amide bonds. The molecule has 0 radical (unpaired) electrons. The van der Waals surface area contributed by atoms with Crippen LogP contribution >= 0.6 is 34.8 Å². The van der Waals surface area contributed by atoms with Crippen LogP contribution < -0.4 is 16.0 Å². The lowest BCUT2D eigenvalue weighted by atomic mass is 10.1. The van der Waals surface area contributed by atoms with E-state index in [-0.39, 0.29) is 0 Å². The first kappa shape index (κ1) is 20.0. The van der Waals surface area contributed by atoms with Crippen LogP contribution in [0.5, 0.6) is 0 Å². The number of hydrogen-bond donors (Lipinski definition) is 3. The van der Waals surface area contributed by atoms with Crippen molar-refractivity contribution in [3.63, 3.8) is 0 Å². The molecule has 29 heavy (non-hydrogen) atoms. The molecule has 4 aromatic rings. The number of likely N-dealkylation sites (N-methyl/N-ethyl adjacent to an activating group) is 1. The molecule has 0 fully saturated rings. The molecular weight excluding hydrogens is 427 g/mol. The van der Waals surface area contributed by atoms with Gasteiger partial charge in [0.2, 0.25) is 0 Å². The predicted octanol–water partition coefficient (Wildman–Crippen LogP) is 6.72. The number of nitrogens with one attached hydrogen (secondary N) is 3. The molecule has 0 saturated heterocycles. The maximum Gasteiger partial charge on any atom is 0.0732 e. The first-order chi connectivity index (χ1) is 14.0. The summed E-state index contributed by atoms with van der Waals surface area (Å²) in [6, 6.07) is 17.3. The van der Waals surface area contributed by atoms with Gasteiger partial charge in [-0.05, 0) is 61.6 Å². The number of benzene rings is 3. The highest BCUT2D eigenvalue weighted by Gasteiger charge is 2.11. The van der Waals surface area contributed by atoms with Gasteiger partial charge in [-0.2, -0.15) is 0 Å². The van der Waals surface area contributed by atoms with E-state index in [0.29, 0.717) is 15.1 Å². The number of hydrogen-bond acceptors (Lipinski definition) is 4. The number of pyridine rings is 1. The molecule has 0 spiro atoms. The van der Waals surface area contributed by atoms with Crippen LogP contribution in [-0.2, 0) is 0 Å². The quantitative estimate of drug-likeness (QED) is 0.228. The lowest BCUT2D eigenvalue weighted by Gasteiger charge is -2.15. The second-order valence-electron chi connectivity index (χ2n) is 6.66. The summed E-state index contributed by atoms with van der Waals surface area (Å²) in [7, 11) is 1.93. The Morgan fingerprint density at radius 2 is 1.45 bits per heavy atom. The average Bonchev–Trinajstić information content (AvgIpc) is 2.71. The summed E-state index contributed by atoms with van der Waals surface area (Å²) < 4.78 is 0. The van der Waals surface area contributed by atoms with Gasteiger partial charge in [0.25, 0.3) is 0 Å². The summed E-state index contributed by atoms with van der Waals surface area (Å²) in [6.07, 6.45) is 0. The third-order valence-corrected chi connectivity index (χ3v) is 5.59. The van der Waals surface area contributed by atoms with Crippen molar-refractivity contribution in [1.29, 1.82) is 0 Å². The lowest BCUT2D eigenvalue weighted by molar-refractivity contribution is 0.825. The summed E-state index contributed by atoms with van der Waals surface area (Å²) in [5, 5.41) is 13.8. The Morgan fingerprint density at radius 3 is 2.21 bits per heavy atom. The topological polar surface area (TPSA) is 49.0 Å². The predicted molar refractivity (Wildman–Crippen MR) is 126 cm³/mol. The molecule has 4 nitrogen and oxygen atoms in total. The smallest absolute Gasteiger partial charge is 0.0732 e. The van der Waals surface area contributed by atoms with Crippen LogP contribution in [0.1, 0.15) is 0 Å². The maximum atomic E-state index is 6.27. The zero-order valence-electron chi connectivity index (χ0n) is 15.7. The molecule has 0 aliphatic heterocycles. The number of fused-ring (bicyclic) bond motifs is 2. The maximum absolute atomic E-state index is 6.27. The fourth-order valence-corrected chi connectivity index (χ4v) is 3.71. The molecule has 3 aromatic carbocycles. The highest BCUT2D eigenvalue weighted by molar-refractivity contribution is 6.42. The van der Waals surface area contributed by atoms with E-state index in [9.17, 15) is 0 Å². The van der Waals surface area contributed by atoms with Crippen LogP contribution in [0.3, 0.4) is 0 Å². The van der Waals surface area contributed by atoms with E-state index in [2.05, 4.69) is 22.0 Å². The van der Waals surface area contributed by atoms with Crippen molar-refractivity contribution in [2.75, 3.05) is 30.8 Å². The summed E-state index contributed by atoms with van der Waals surface area (Å²) in [6.45, 7) is 1.62. The fourth-order valence-electron chi connectivity index (χ4n) is 3.24. The molecule has 7 heteroatoms. The average molecular weight is 446 g/mol. The standard InChI is InChI=1S/C22H19Cl3N4/c1-26-8-9-27-22-16-10-13(23)2-6-20(16)29-21-7-4-14(11-17(21)22)28-15-3-5-18(24)19(25)12-15/h2-7,10-12,26,28H,8-9H2,1H3,(H,27,29). The van der Waals surface area contributed by atoms with Crippen molar-refractivity contribution < 1.29 is 0 Å². The van der Waals surface area contributed by atoms with Gasteiger partial charge in [0, 0.05) is 40.3 Å². The van der Waals surface area contributed by atoms with Gasteiger partial charge in [-0.1, -0.05) is 34.8 Å². The molecule has 0 aliphatic carbocycles. The fraction of sp³-hybridized carbons (Fsp3) is 0.136. The Kier molecular flexibility index (Phi) is 5.97. The summed E-state index contributed by atoms with van der Waals surface area (Å²) in [5.74, 6) is 0.